The van der Waals surface area contributed by atoms with Crippen molar-refractivity contribution in [2.75, 3.05) is 0 Å². The van der Waals surface area contributed by atoms with Crippen LogP contribution in [0.2, 0.25) is 0 Å². The first-order chi connectivity index (χ1) is 8.86. The van der Waals surface area contributed by atoms with Gasteiger partial charge in [-0.15, -0.1) is 0 Å². The summed E-state index contributed by atoms with van der Waals surface area (Å²) in [5, 5.41) is 1.15. The van der Waals surface area contributed by atoms with E-state index in [1.165, 1.54) is 0 Å². The molecular formula is C17H13N. The third-order valence-electron chi connectivity index (χ3n) is 3.08. The number of fused-ring (bicyclic) bond motifs is 1. The van der Waals surface area contributed by atoms with Crippen molar-refractivity contribution < 1.29 is 0 Å². The van der Waals surface area contributed by atoms with Gasteiger partial charge in [-0.3, -0.25) is 4.98 Å². The molecule has 86 valence electrons. The maximum atomic E-state index is 4.47. The number of hydrogen-bond acceptors (Lipinski definition) is 1. The summed E-state index contributed by atoms with van der Waals surface area (Å²) < 4.78 is 0. The molecule has 3 rings (SSSR count). The SMILES string of the molecule is C=C(c1ccccc1)c1cccc2cccnc12. The summed E-state index contributed by atoms with van der Waals surface area (Å²) in [6.07, 6.45) is 1.82. The van der Waals surface area contributed by atoms with Crippen LogP contribution in [0.15, 0.2) is 73.4 Å². The maximum Gasteiger partial charge on any atom is 0.0780 e. The lowest BCUT2D eigenvalue weighted by Crippen LogP contribution is -1.89. The third-order valence-corrected chi connectivity index (χ3v) is 3.08. The highest BCUT2D eigenvalue weighted by molar-refractivity contribution is 5.94. The van der Waals surface area contributed by atoms with Gasteiger partial charge in [-0.25, -0.2) is 0 Å². The van der Waals surface area contributed by atoms with Crippen LogP contribution in [0, 0.1) is 0 Å². The standard InChI is InChI=1S/C17H13N/c1-13(14-7-3-2-4-8-14)16-11-5-9-15-10-6-12-18-17(15)16/h2-12H,1H2. The van der Waals surface area contributed by atoms with Gasteiger partial charge in [-0.1, -0.05) is 61.2 Å². The van der Waals surface area contributed by atoms with E-state index in [9.17, 15) is 0 Å². The lowest BCUT2D eigenvalue weighted by molar-refractivity contribution is 1.40. The van der Waals surface area contributed by atoms with E-state index >= 15 is 0 Å². The Bertz CT molecular complexity index is 694. The molecule has 0 N–H and O–H groups in total. The minimum Gasteiger partial charge on any atom is -0.256 e. The first-order valence-corrected chi connectivity index (χ1v) is 5.95. The highest BCUT2D eigenvalue weighted by atomic mass is 14.6. The summed E-state index contributed by atoms with van der Waals surface area (Å²) in [6.45, 7) is 4.21. The van der Waals surface area contributed by atoms with Gasteiger partial charge in [0.15, 0.2) is 0 Å². The molecule has 0 radical (unpaired) electrons. The molecule has 0 aliphatic heterocycles. The van der Waals surface area contributed by atoms with Crippen LogP contribution in [0.25, 0.3) is 16.5 Å². The van der Waals surface area contributed by atoms with Gasteiger partial charge >= 0.3 is 0 Å². The quantitative estimate of drug-likeness (QED) is 0.641. The Hall–Kier alpha value is -2.41. The molecule has 0 saturated heterocycles. The van der Waals surface area contributed by atoms with Crippen LogP contribution in [-0.4, -0.2) is 4.98 Å². The van der Waals surface area contributed by atoms with Crippen LogP contribution in [0.3, 0.4) is 0 Å². The fourth-order valence-electron chi connectivity index (χ4n) is 2.14. The molecule has 0 saturated carbocycles. The van der Waals surface area contributed by atoms with E-state index in [2.05, 4.69) is 41.9 Å². The zero-order chi connectivity index (χ0) is 12.4. The molecule has 0 aliphatic carbocycles. The first-order valence-electron chi connectivity index (χ1n) is 5.95. The monoisotopic (exact) mass is 231 g/mol. The van der Waals surface area contributed by atoms with Crippen LogP contribution in [-0.2, 0) is 0 Å². The van der Waals surface area contributed by atoms with Crippen molar-refractivity contribution in [1.29, 1.82) is 0 Å². The summed E-state index contributed by atoms with van der Waals surface area (Å²) >= 11 is 0. The Morgan fingerprint density at radius 3 is 2.44 bits per heavy atom. The van der Waals surface area contributed by atoms with E-state index in [1.54, 1.807) is 0 Å². The number of hydrogen-bond donors (Lipinski definition) is 0. The highest BCUT2D eigenvalue weighted by Gasteiger charge is 2.06. The van der Waals surface area contributed by atoms with Crippen molar-refractivity contribution >= 4 is 16.5 Å². The van der Waals surface area contributed by atoms with Crippen molar-refractivity contribution in [2.24, 2.45) is 0 Å². The predicted molar refractivity (Wildman–Crippen MR) is 76.3 cm³/mol. The summed E-state index contributed by atoms with van der Waals surface area (Å²) in [5.74, 6) is 0. The molecule has 0 fully saturated rings. The molecule has 0 unspecified atom stereocenters. The summed E-state index contributed by atoms with van der Waals surface area (Å²) in [7, 11) is 0. The van der Waals surface area contributed by atoms with Crippen LogP contribution in [0.5, 0.6) is 0 Å². The van der Waals surface area contributed by atoms with Crippen molar-refractivity contribution in [1.82, 2.24) is 4.98 Å². The van der Waals surface area contributed by atoms with Crippen LogP contribution in [0.4, 0.5) is 0 Å². The molecule has 18 heavy (non-hydrogen) atoms. The van der Waals surface area contributed by atoms with Crippen LogP contribution < -0.4 is 0 Å². The number of para-hydroxylation sites is 1. The molecule has 1 nitrogen and oxygen atoms in total. The molecular weight excluding hydrogens is 218 g/mol. The van der Waals surface area contributed by atoms with Crippen LogP contribution >= 0.6 is 0 Å². The fourth-order valence-corrected chi connectivity index (χ4v) is 2.14. The van der Waals surface area contributed by atoms with Crippen molar-refractivity contribution in [3.63, 3.8) is 0 Å². The van der Waals surface area contributed by atoms with E-state index in [0.717, 1.165) is 27.6 Å². The largest absolute Gasteiger partial charge is 0.256 e. The van der Waals surface area contributed by atoms with E-state index in [1.807, 2.05) is 36.5 Å². The number of aromatic nitrogens is 1. The predicted octanol–water partition coefficient (Wildman–Crippen LogP) is 4.30. The van der Waals surface area contributed by atoms with Gasteiger partial charge in [-0.05, 0) is 17.2 Å². The van der Waals surface area contributed by atoms with E-state index in [4.69, 9.17) is 0 Å². The van der Waals surface area contributed by atoms with Gasteiger partial charge in [0, 0.05) is 17.1 Å². The number of nitrogens with zero attached hydrogens (tertiary/aromatic N) is 1. The number of pyridine rings is 1. The van der Waals surface area contributed by atoms with Crippen LogP contribution in [0.1, 0.15) is 11.1 Å². The lowest BCUT2D eigenvalue weighted by Gasteiger charge is -2.08. The second-order valence-corrected chi connectivity index (χ2v) is 4.23. The Morgan fingerprint density at radius 2 is 1.61 bits per heavy atom. The minimum absolute atomic E-state index is 1.01. The van der Waals surface area contributed by atoms with Crippen molar-refractivity contribution in [3.8, 4) is 0 Å². The second kappa shape index (κ2) is 4.46. The number of rotatable bonds is 2. The molecule has 3 aromatic rings. The fraction of sp³-hybridized carbons (Fsp3) is 0. The first kappa shape index (κ1) is 10.7. The molecule has 1 aromatic heterocycles. The lowest BCUT2D eigenvalue weighted by atomic mass is 9.97. The summed E-state index contributed by atoms with van der Waals surface area (Å²) in [4.78, 5) is 4.47. The van der Waals surface area contributed by atoms with E-state index < -0.39 is 0 Å². The Balaban J connectivity index is 2.18. The van der Waals surface area contributed by atoms with Crippen molar-refractivity contribution in [3.05, 3.63) is 84.6 Å². The summed E-state index contributed by atoms with van der Waals surface area (Å²) in [6, 6.07) is 20.4. The highest BCUT2D eigenvalue weighted by Crippen LogP contribution is 2.26. The van der Waals surface area contributed by atoms with Gasteiger partial charge in [0.25, 0.3) is 0 Å². The van der Waals surface area contributed by atoms with Gasteiger partial charge in [-0.2, -0.15) is 0 Å². The van der Waals surface area contributed by atoms with Crippen molar-refractivity contribution in [2.45, 2.75) is 0 Å². The molecule has 0 bridgehead atoms. The van der Waals surface area contributed by atoms with E-state index in [0.29, 0.717) is 0 Å². The molecule has 0 spiro atoms. The van der Waals surface area contributed by atoms with Gasteiger partial charge in [0.05, 0.1) is 5.52 Å². The maximum absolute atomic E-state index is 4.47. The normalized spacial score (nSPS) is 10.4. The summed E-state index contributed by atoms with van der Waals surface area (Å²) in [5.41, 5.74) is 4.25. The Kier molecular flexibility index (Phi) is 2.66. The molecule has 0 atom stereocenters. The van der Waals surface area contributed by atoms with Gasteiger partial charge in [0.2, 0.25) is 0 Å². The molecule has 1 heterocycles. The molecule has 0 amide bonds. The topological polar surface area (TPSA) is 12.9 Å². The number of benzene rings is 2. The zero-order valence-corrected chi connectivity index (χ0v) is 10.0. The average Bonchev–Trinajstić information content (AvgIpc) is 2.47. The van der Waals surface area contributed by atoms with Gasteiger partial charge in [0.1, 0.15) is 0 Å². The smallest absolute Gasteiger partial charge is 0.0780 e. The zero-order valence-electron chi connectivity index (χ0n) is 10.0. The Labute approximate surface area is 106 Å². The average molecular weight is 231 g/mol. The van der Waals surface area contributed by atoms with E-state index in [-0.39, 0.29) is 0 Å². The molecule has 2 aromatic carbocycles. The van der Waals surface area contributed by atoms with Gasteiger partial charge < -0.3 is 0 Å². The molecule has 0 aliphatic rings. The molecule has 1 heteroatoms. The second-order valence-electron chi connectivity index (χ2n) is 4.23. The Morgan fingerprint density at radius 1 is 0.833 bits per heavy atom. The third kappa shape index (κ3) is 1.80. The minimum atomic E-state index is 1.01.